The standard InChI is InChI=1S/C15H30N2/c1-2-17(15-9-10-15)12-11-16-13-14-7-5-3-4-6-8-14/h14-16H,2-13H2,1H3. The third kappa shape index (κ3) is 4.97. The molecule has 2 heteroatoms. The van der Waals surface area contributed by atoms with Gasteiger partial charge in [-0.3, -0.25) is 4.90 Å². The van der Waals surface area contributed by atoms with Crippen molar-refractivity contribution in [3.63, 3.8) is 0 Å². The Morgan fingerprint density at radius 2 is 1.71 bits per heavy atom. The van der Waals surface area contributed by atoms with Crippen molar-refractivity contribution in [1.29, 1.82) is 0 Å². The molecule has 0 heterocycles. The third-order valence-electron chi connectivity index (χ3n) is 4.45. The van der Waals surface area contributed by atoms with E-state index in [1.54, 1.807) is 0 Å². The van der Waals surface area contributed by atoms with E-state index in [0.717, 1.165) is 12.0 Å². The lowest BCUT2D eigenvalue weighted by atomic mass is 10.0. The molecule has 0 aromatic heterocycles. The van der Waals surface area contributed by atoms with Crippen LogP contribution in [0, 0.1) is 5.92 Å². The smallest absolute Gasteiger partial charge is 0.0110 e. The molecule has 2 nitrogen and oxygen atoms in total. The van der Waals surface area contributed by atoms with E-state index in [1.165, 1.54) is 77.5 Å². The van der Waals surface area contributed by atoms with Gasteiger partial charge in [-0.1, -0.05) is 32.6 Å². The summed E-state index contributed by atoms with van der Waals surface area (Å²) in [5, 5.41) is 3.69. The van der Waals surface area contributed by atoms with Crippen LogP contribution in [0.1, 0.15) is 58.3 Å². The Hall–Kier alpha value is -0.0800. The van der Waals surface area contributed by atoms with Gasteiger partial charge in [0.2, 0.25) is 0 Å². The van der Waals surface area contributed by atoms with E-state index in [0.29, 0.717) is 0 Å². The van der Waals surface area contributed by atoms with E-state index >= 15 is 0 Å². The highest BCUT2D eigenvalue weighted by Crippen LogP contribution is 2.26. The van der Waals surface area contributed by atoms with Crippen LogP contribution in [-0.2, 0) is 0 Å². The molecule has 0 aliphatic heterocycles. The van der Waals surface area contributed by atoms with Gasteiger partial charge >= 0.3 is 0 Å². The molecule has 2 aliphatic rings. The molecule has 100 valence electrons. The Morgan fingerprint density at radius 1 is 1.00 bits per heavy atom. The molecule has 0 saturated heterocycles. The zero-order valence-electron chi connectivity index (χ0n) is 11.6. The molecule has 0 aromatic carbocycles. The average Bonchev–Trinajstić information content (AvgIpc) is 3.16. The fraction of sp³-hybridized carbons (Fsp3) is 1.00. The predicted molar refractivity (Wildman–Crippen MR) is 74.3 cm³/mol. The molecular formula is C15H30N2. The van der Waals surface area contributed by atoms with Crippen LogP contribution in [0.15, 0.2) is 0 Å². The highest BCUT2D eigenvalue weighted by Gasteiger charge is 2.27. The van der Waals surface area contributed by atoms with E-state index in [1.807, 2.05) is 0 Å². The first-order chi connectivity index (χ1) is 8.40. The van der Waals surface area contributed by atoms with Crippen molar-refractivity contribution in [1.82, 2.24) is 10.2 Å². The van der Waals surface area contributed by atoms with Gasteiger partial charge in [-0.15, -0.1) is 0 Å². The highest BCUT2D eigenvalue weighted by molar-refractivity contribution is 4.84. The van der Waals surface area contributed by atoms with Gasteiger partial charge in [0, 0.05) is 19.1 Å². The van der Waals surface area contributed by atoms with Crippen LogP contribution >= 0.6 is 0 Å². The van der Waals surface area contributed by atoms with Gasteiger partial charge in [0.25, 0.3) is 0 Å². The van der Waals surface area contributed by atoms with Crippen LogP contribution in [0.5, 0.6) is 0 Å². The van der Waals surface area contributed by atoms with Gasteiger partial charge < -0.3 is 5.32 Å². The van der Waals surface area contributed by atoms with E-state index in [2.05, 4.69) is 17.1 Å². The summed E-state index contributed by atoms with van der Waals surface area (Å²) in [6.07, 6.45) is 11.7. The van der Waals surface area contributed by atoms with E-state index < -0.39 is 0 Å². The fourth-order valence-electron chi connectivity index (χ4n) is 3.14. The van der Waals surface area contributed by atoms with Crippen molar-refractivity contribution in [2.24, 2.45) is 5.92 Å². The summed E-state index contributed by atoms with van der Waals surface area (Å²) in [5.74, 6) is 0.966. The summed E-state index contributed by atoms with van der Waals surface area (Å²) < 4.78 is 0. The first-order valence-corrected chi connectivity index (χ1v) is 7.85. The quantitative estimate of drug-likeness (QED) is 0.542. The molecule has 17 heavy (non-hydrogen) atoms. The molecule has 2 aliphatic carbocycles. The minimum Gasteiger partial charge on any atom is -0.315 e. The van der Waals surface area contributed by atoms with Gasteiger partial charge in [0.05, 0.1) is 0 Å². The Labute approximate surface area is 107 Å². The molecule has 0 spiro atoms. The van der Waals surface area contributed by atoms with Crippen molar-refractivity contribution in [2.45, 2.75) is 64.3 Å². The molecule has 1 N–H and O–H groups in total. The van der Waals surface area contributed by atoms with Crippen molar-refractivity contribution in [3.05, 3.63) is 0 Å². The number of hydrogen-bond acceptors (Lipinski definition) is 2. The maximum Gasteiger partial charge on any atom is 0.0110 e. The Kier molecular flexibility index (Phi) is 5.79. The maximum atomic E-state index is 3.69. The van der Waals surface area contributed by atoms with Crippen molar-refractivity contribution < 1.29 is 0 Å². The lowest BCUT2D eigenvalue weighted by Gasteiger charge is -2.21. The molecule has 2 saturated carbocycles. The van der Waals surface area contributed by atoms with Crippen molar-refractivity contribution in [3.8, 4) is 0 Å². The topological polar surface area (TPSA) is 15.3 Å². The second-order valence-corrected chi connectivity index (χ2v) is 5.92. The number of nitrogens with zero attached hydrogens (tertiary/aromatic N) is 1. The zero-order chi connectivity index (χ0) is 11.9. The first kappa shape index (κ1) is 13.4. The number of likely N-dealkylation sites (N-methyl/N-ethyl adjacent to an activating group) is 1. The molecule has 0 unspecified atom stereocenters. The van der Waals surface area contributed by atoms with E-state index in [9.17, 15) is 0 Å². The normalized spacial score (nSPS) is 22.9. The van der Waals surface area contributed by atoms with Crippen LogP contribution < -0.4 is 5.32 Å². The lowest BCUT2D eigenvalue weighted by Crippen LogP contribution is -2.35. The second kappa shape index (κ2) is 7.38. The van der Waals surface area contributed by atoms with Crippen LogP contribution in [0.2, 0.25) is 0 Å². The van der Waals surface area contributed by atoms with Crippen LogP contribution in [0.4, 0.5) is 0 Å². The zero-order valence-corrected chi connectivity index (χ0v) is 11.6. The first-order valence-electron chi connectivity index (χ1n) is 7.85. The summed E-state index contributed by atoms with van der Waals surface area (Å²) in [6, 6.07) is 0.930. The minimum absolute atomic E-state index is 0.930. The lowest BCUT2D eigenvalue weighted by molar-refractivity contribution is 0.273. The summed E-state index contributed by atoms with van der Waals surface area (Å²) in [7, 11) is 0. The minimum atomic E-state index is 0.930. The van der Waals surface area contributed by atoms with Gasteiger partial charge in [0.15, 0.2) is 0 Å². The van der Waals surface area contributed by atoms with E-state index in [-0.39, 0.29) is 0 Å². The fourth-order valence-corrected chi connectivity index (χ4v) is 3.14. The van der Waals surface area contributed by atoms with Gasteiger partial charge in [-0.2, -0.15) is 0 Å². The second-order valence-electron chi connectivity index (χ2n) is 5.92. The summed E-state index contributed by atoms with van der Waals surface area (Å²) >= 11 is 0. The van der Waals surface area contributed by atoms with Gasteiger partial charge in [0.1, 0.15) is 0 Å². The number of hydrogen-bond donors (Lipinski definition) is 1. The van der Waals surface area contributed by atoms with Crippen LogP contribution in [-0.4, -0.2) is 37.1 Å². The van der Waals surface area contributed by atoms with Crippen molar-refractivity contribution in [2.75, 3.05) is 26.2 Å². The largest absolute Gasteiger partial charge is 0.315 e. The summed E-state index contributed by atoms with van der Waals surface area (Å²) in [6.45, 7) is 7.25. The van der Waals surface area contributed by atoms with Gasteiger partial charge in [-0.25, -0.2) is 0 Å². The molecule has 0 atom stereocenters. The highest BCUT2D eigenvalue weighted by atomic mass is 15.2. The monoisotopic (exact) mass is 238 g/mol. The molecule has 0 radical (unpaired) electrons. The van der Waals surface area contributed by atoms with Gasteiger partial charge in [-0.05, 0) is 44.7 Å². The SMILES string of the molecule is CCN(CCNCC1CCCCCC1)C1CC1. The Bertz CT molecular complexity index is 193. The number of rotatable bonds is 7. The Balaban J connectivity index is 1.52. The van der Waals surface area contributed by atoms with Crippen LogP contribution in [0.25, 0.3) is 0 Å². The molecule has 2 fully saturated rings. The maximum absolute atomic E-state index is 3.69. The predicted octanol–water partition coefficient (Wildman–Crippen LogP) is 3.03. The molecule has 2 rings (SSSR count). The molecule has 0 bridgehead atoms. The van der Waals surface area contributed by atoms with Crippen molar-refractivity contribution >= 4 is 0 Å². The third-order valence-corrected chi connectivity index (χ3v) is 4.45. The Morgan fingerprint density at radius 3 is 2.29 bits per heavy atom. The summed E-state index contributed by atoms with van der Waals surface area (Å²) in [4.78, 5) is 2.64. The molecule has 0 aromatic rings. The number of nitrogens with one attached hydrogen (secondary N) is 1. The van der Waals surface area contributed by atoms with Crippen LogP contribution in [0.3, 0.4) is 0 Å². The summed E-state index contributed by atoms with van der Waals surface area (Å²) in [5.41, 5.74) is 0. The molecule has 0 amide bonds. The molecular weight excluding hydrogens is 208 g/mol. The van der Waals surface area contributed by atoms with E-state index in [4.69, 9.17) is 0 Å². The average molecular weight is 238 g/mol.